The molecular weight excluding hydrogens is 272 g/mol. The molecule has 0 bridgehead atoms. The molecule has 116 valence electrons. The molecule has 0 aliphatic carbocycles. The van der Waals surface area contributed by atoms with E-state index in [1.165, 1.54) is 23.1 Å². The average molecular weight is 296 g/mol. The van der Waals surface area contributed by atoms with Gasteiger partial charge in [0.2, 0.25) is 0 Å². The second-order valence-corrected chi connectivity index (χ2v) is 5.93. The Morgan fingerprint density at radius 3 is 2.82 bits per heavy atom. The second-order valence-electron chi connectivity index (χ2n) is 5.93. The van der Waals surface area contributed by atoms with Gasteiger partial charge in [0, 0.05) is 18.2 Å². The van der Waals surface area contributed by atoms with Gasteiger partial charge in [-0.05, 0) is 37.4 Å². The van der Waals surface area contributed by atoms with Crippen molar-refractivity contribution in [1.82, 2.24) is 15.3 Å². The van der Waals surface area contributed by atoms with Gasteiger partial charge in [0.05, 0.1) is 5.69 Å². The summed E-state index contributed by atoms with van der Waals surface area (Å²) in [5, 5.41) is 6.91. The zero-order chi connectivity index (χ0) is 15.4. The quantitative estimate of drug-likeness (QED) is 0.889. The smallest absolute Gasteiger partial charge is 0.133 e. The highest BCUT2D eigenvalue weighted by Crippen LogP contribution is 2.24. The van der Waals surface area contributed by atoms with Crippen molar-refractivity contribution in [3.05, 3.63) is 53.0 Å². The largest absolute Gasteiger partial charge is 0.363 e. The summed E-state index contributed by atoms with van der Waals surface area (Å²) in [6.07, 6.45) is 4.98. The van der Waals surface area contributed by atoms with Gasteiger partial charge in [0.15, 0.2) is 0 Å². The molecule has 1 aliphatic heterocycles. The maximum absolute atomic E-state index is 4.45. The monoisotopic (exact) mass is 296 g/mol. The highest BCUT2D eigenvalue weighted by Gasteiger charge is 2.16. The first-order valence-electron chi connectivity index (χ1n) is 8.16. The van der Waals surface area contributed by atoms with Crippen LogP contribution in [0.4, 0.5) is 5.82 Å². The van der Waals surface area contributed by atoms with Crippen molar-refractivity contribution in [1.29, 1.82) is 0 Å². The lowest BCUT2D eigenvalue weighted by molar-refractivity contribution is 0.623. The molecule has 1 aromatic carbocycles. The van der Waals surface area contributed by atoms with Gasteiger partial charge < -0.3 is 10.6 Å². The first-order valence-corrected chi connectivity index (χ1v) is 8.16. The molecule has 1 atom stereocenters. The van der Waals surface area contributed by atoms with Gasteiger partial charge >= 0.3 is 0 Å². The average Bonchev–Trinajstić information content (AvgIpc) is 2.56. The number of anilines is 1. The third kappa shape index (κ3) is 3.28. The lowest BCUT2D eigenvalue weighted by atomic mass is 10.0. The molecule has 3 rings (SSSR count). The maximum atomic E-state index is 4.45. The molecule has 0 spiro atoms. The third-order valence-corrected chi connectivity index (χ3v) is 4.25. The van der Waals surface area contributed by atoms with Gasteiger partial charge in [0.1, 0.15) is 12.1 Å². The minimum atomic E-state index is 0.240. The molecule has 0 unspecified atom stereocenters. The zero-order valence-corrected chi connectivity index (χ0v) is 13.4. The summed E-state index contributed by atoms with van der Waals surface area (Å²) in [4.78, 5) is 8.83. The summed E-state index contributed by atoms with van der Waals surface area (Å²) < 4.78 is 0. The molecule has 0 saturated carbocycles. The molecule has 1 aromatic heterocycles. The highest BCUT2D eigenvalue weighted by molar-refractivity contribution is 5.48. The van der Waals surface area contributed by atoms with E-state index in [0.29, 0.717) is 0 Å². The van der Waals surface area contributed by atoms with Gasteiger partial charge in [-0.25, -0.2) is 9.97 Å². The Bertz CT molecular complexity index is 621. The molecule has 0 amide bonds. The Kier molecular flexibility index (Phi) is 4.68. The van der Waals surface area contributed by atoms with Crippen molar-refractivity contribution in [3.8, 4) is 0 Å². The van der Waals surface area contributed by atoms with Crippen LogP contribution in [-0.2, 0) is 19.4 Å². The fourth-order valence-electron chi connectivity index (χ4n) is 2.96. The van der Waals surface area contributed by atoms with Crippen LogP contribution < -0.4 is 10.6 Å². The van der Waals surface area contributed by atoms with Crippen LogP contribution in [0.3, 0.4) is 0 Å². The minimum Gasteiger partial charge on any atom is -0.363 e. The Labute approximate surface area is 132 Å². The van der Waals surface area contributed by atoms with Crippen molar-refractivity contribution in [2.24, 2.45) is 0 Å². The molecule has 2 N–H and O–H groups in total. The van der Waals surface area contributed by atoms with E-state index in [-0.39, 0.29) is 6.04 Å². The summed E-state index contributed by atoms with van der Waals surface area (Å²) in [5.41, 5.74) is 5.08. The lowest BCUT2D eigenvalue weighted by Crippen LogP contribution is -2.26. The highest BCUT2D eigenvalue weighted by atomic mass is 15.1. The molecule has 22 heavy (non-hydrogen) atoms. The van der Waals surface area contributed by atoms with Crippen molar-refractivity contribution >= 4 is 5.82 Å². The number of nitrogens with one attached hydrogen (secondary N) is 2. The first-order chi connectivity index (χ1) is 10.8. The van der Waals surface area contributed by atoms with Crippen molar-refractivity contribution in [2.45, 2.75) is 45.7 Å². The number of hydrogen-bond donors (Lipinski definition) is 2. The predicted octanol–water partition coefficient (Wildman–Crippen LogP) is 3.25. The van der Waals surface area contributed by atoms with E-state index in [4.69, 9.17) is 0 Å². The van der Waals surface area contributed by atoms with Crippen LogP contribution in [0.5, 0.6) is 0 Å². The van der Waals surface area contributed by atoms with Gasteiger partial charge in [-0.2, -0.15) is 0 Å². The predicted molar refractivity (Wildman–Crippen MR) is 89.9 cm³/mol. The minimum absolute atomic E-state index is 0.240. The fourth-order valence-corrected chi connectivity index (χ4v) is 2.96. The van der Waals surface area contributed by atoms with E-state index >= 15 is 0 Å². The zero-order valence-electron chi connectivity index (χ0n) is 13.4. The number of nitrogens with zero attached hydrogens (tertiary/aromatic N) is 2. The standard InChI is InChI=1S/C18H24N4/c1-3-4-14-5-7-15(8-6-14)13(2)22-18-16-9-10-19-11-17(16)20-12-21-18/h5-8,12-13,19H,3-4,9-11H2,1-2H3,(H,20,21,22)/t13-/m1/s1. The Morgan fingerprint density at radius 2 is 2.05 bits per heavy atom. The molecular formula is C18H24N4. The fraction of sp³-hybridized carbons (Fsp3) is 0.444. The van der Waals surface area contributed by atoms with Crippen molar-refractivity contribution in [3.63, 3.8) is 0 Å². The number of hydrogen-bond acceptors (Lipinski definition) is 4. The van der Waals surface area contributed by atoms with Crippen LogP contribution in [0.2, 0.25) is 0 Å². The maximum Gasteiger partial charge on any atom is 0.133 e. The Morgan fingerprint density at radius 1 is 1.23 bits per heavy atom. The summed E-state index contributed by atoms with van der Waals surface area (Å²) in [6.45, 7) is 6.23. The van der Waals surface area contributed by atoms with Crippen LogP contribution in [-0.4, -0.2) is 16.5 Å². The first kappa shape index (κ1) is 15.0. The molecule has 0 saturated heterocycles. The Hall–Kier alpha value is -1.94. The molecule has 0 fully saturated rings. The molecule has 0 radical (unpaired) electrons. The van der Waals surface area contributed by atoms with E-state index in [1.54, 1.807) is 6.33 Å². The molecule has 1 aliphatic rings. The number of rotatable bonds is 5. The van der Waals surface area contributed by atoms with Gasteiger partial charge in [-0.3, -0.25) is 0 Å². The molecule has 2 aromatic rings. The topological polar surface area (TPSA) is 49.8 Å². The van der Waals surface area contributed by atoms with E-state index in [0.717, 1.165) is 37.4 Å². The molecule has 2 heterocycles. The third-order valence-electron chi connectivity index (χ3n) is 4.25. The normalized spacial score (nSPS) is 15.2. The van der Waals surface area contributed by atoms with E-state index in [2.05, 4.69) is 58.7 Å². The lowest BCUT2D eigenvalue weighted by Gasteiger charge is -2.22. The summed E-state index contributed by atoms with van der Waals surface area (Å²) in [5.74, 6) is 0.983. The van der Waals surface area contributed by atoms with Crippen LogP contribution in [0.15, 0.2) is 30.6 Å². The van der Waals surface area contributed by atoms with Gasteiger partial charge in [0.25, 0.3) is 0 Å². The van der Waals surface area contributed by atoms with Crippen LogP contribution in [0.1, 0.15) is 48.7 Å². The SMILES string of the molecule is CCCc1ccc([C@@H](C)Nc2ncnc3c2CCNC3)cc1. The summed E-state index contributed by atoms with van der Waals surface area (Å²) in [7, 11) is 0. The van der Waals surface area contributed by atoms with E-state index in [1.807, 2.05) is 0 Å². The number of fused-ring (bicyclic) bond motifs is 1. The van der Waals surface area contributed by atoms with Crippen molar-refractivity contribution in [2.75, 3.05) is 11.9 Å². The van der Waals surface area contributed by atoms with Gasteiger partial charge in [-0.15, -0.1) is 0 Å². The summed E-state index contributed by atoms with van der Waals surface area (Å²) >= 11 is 0. The van der Waals surface area contributed by atoms with Crippen LogP contribution in [0.25, 0.3) is 0 Å². The number of aryl methyl sites for hydroxylation is 1. The van der Waals surface area contributed by atoms with Crippen LogP contribution in [0, 0.1) is 0 Å². The number of aromatic nitrogens is 2. The molecule has 4 nitrogen and oxygen atoms in total. The summed E-state index contributed by atoms with van der Waals surface area (Å²) in [6, 6.07) is 9.15. The van der Waals surface area contributed by atoms with Crippen LogP contribution >= 0.6 is 0 Å². The Balaban J connectivity index is 1.75. The van der Waals surface area contributed by atoms with Gasteiger partial charge in [-0.1, -0.05) is 37.6 Å². The van der Waals surface area contributed by atoms with E-state index in [9.17, 15) is 0 Å². The number of benzene rings is 1. The molecule has 4 heteroatoms. The second kappa shape index (κ2) is 6.88. The van der Waals surface area contributed by atoms with Crippen molar-refractivity contribution < 1.29 is 0 Å². The van der Waals surface area contributed by atoms with E-state index < -0.39 is 0 Å².